The maximum Gasteiger partial charge on any atom is 0.271 e. The largest absolute Gasteiger partial charge is 0.375 e. The highest BCUT2D eigenvalue weighted by molar-refractivity contribution is 5.99. The van der Waals surface area contributed by atoms with Crippen LogP contribution in [0, 0.1) is 11.6 Å². The van der Waals surface area contributed by atoms with E-state index in [4.69, 9.17) is 10.5 Å². The molecule has 0 unspecified atom stereocenters. The number of morpholine rings is 1. The van der Waals surface area contributed by atoms with E-state index in [2.05, 4.69) is 35.5 Å². The molecule has 2 saturated heterocycles. The van der Waals surface area contributed by atoms with Gasteiger partial charge in [0, 0.05) is 45.0 Å². The number of imidazole rings is 1. The lowest BCUT2D eigenvalue weighted by atomic mass is 10.1. The van der Waals surface area contributed by atoms with Gasteiger partial charge in [-0.3, -0.25) is 14.7 Å². The molecule has 4 aromatic rings. The van der Waals surface area contributed by atoms with Crippen LogP contribution in [0.15, 0.2) is 30.9 Å². The molecule has 2 fully saturated rings. The minimum Gasteiger partial charge on any atom is -0.375 e. The molecule has 13 heteroatoms. The number of rotatable bonds is 7. The Bertz CT molecular complexity index is 1570. The summed E-state index contributed by atoms with van der Waals surface area (Å²) in [6.07, 6.45) is 5.92. The number of hydrogen-bond donors (Lipinski definition) is 3. The summed E-state index contributed by atoms with van der Waals surface area (Å²) in [5.74, 6) is -2.80. The minimum atomic E-state index is -1.09. The zero-order valence-electron chi connectivity index (χ0n) is 20.7. The summed E-state index contributed by atoms with van der Waals surface area (Å²) in [6, 6.07) is 3.15. The Hall–Kier alpha value is -4.23. The zero-order valence-corrected chi connectivity index (χ0v) is 20.7. The smallest absolute Gasteiger partial charge is 0.271 e. The van der Waals surface area contributed by atoms with Gasteiger partial charge < -0.3 is 25.7 Å². The molecule has 1 amide bonds. The van der Waals surface area contributed by atoms with Crippen LogP contribution in [0.5, 0.6) is 0 Å². The third-order valence-corrected chi connectivity index (χ3v) is 7.06. The molecule has 4 N–H and O–H groups in total. The van der Waals surface area contributed by atoms with Gasteiger partial charge in [0.1, 0.15) is 11.2 Å². The lowest BCUT2D eigenvalue weighted by molar-refractivity contribution is 0.0268. The summed E-state index contributed by atoms with van der Waals surface area (Å²) >= 11 is 0. The van der Waals surface area contributed by atoms with Crippen LogP contribution in [-0.4, -0.2) is 67.7 Å². The molecular weight excluding hydrogens is 496 g/mol. The number of aromatic nitrogens is 5. The molecule has 6 rings (SSSR count). The van der Waals surface area contributed by atoms with E-state index in [-0.39, 0.29) is 53.0 Å². The second-order valence-electron chi connectivity index (χ2n) is 9.44. The van der Waals surface area contributed by atoms with Crippen molar-refractivity contribution >= 4 is 34.3 Å². The Labute approximate surface area is 216 Å². The van der Waals surface area contributed by atoms with Crippen LogP contribution in [0.2, 0.25) is 0 Å². The zero-order chi connectivity index (χ0) is 26.6. The fourth-order valence-electron chi connectivity index (χ4n) is 5.10. The van der Waals surface area contributed by atoms with E-state index in [1.807, 2.05) is 7.05 Å². The molecular formula is C25H25F2N9O2. The van der Waals surface area contributed by atoms with Gasteiger partial charge in [-0.05, 0) is 12.5 Å². The van der Waals surface area contributed by atoms with Crippen molar-refractivity contribution < 1.29 is 18.3 Å². The Balaban J connectivity index is 1.35. The number of aryl methyl sites for hydroxylation is 1. The highest BCUT2D eigenvalue weighted by atomic mass is 19.2. The highest BCUT2D eigenvalue weighted by Crippen LogP contribution is 2.34. The fraction of sp³-hybridized carbons (Fsp3) is 0.320. The number of amides is 1. The van der Waals surface area contributed by atoms with E-state index < -0.39 is 17.5 Å². The van der Waals surface area contributed by atoms with Crippen molar-refractivity contribution in [1.29, 1.82) is 0 Å². The van der Waals surface area contributed by atoms with Crippen molar-refractivity contribution in [3.8, 4) is 11.3 Å². The van der Waals surface area contributed by atoms with Crippen LogP contribution in [0.4, 0.5) is 26.1 Å². The molecule has 3 aromatic heterocycles. The lowest BCUT2D eigenvalue weighted by Gasteiger charge is -2.26. The van der Waals surface area contributed by atoms with Gasteiger partial charge in [-0.25, -0.2) is 23.7 Å². The van der Waals surface area contributed by atoms with E-state index in [0.717, 1.165) is 11.9 Å². The number of carbonyl (C=O) groups excluding carboxylic acids is 1. The number of primary amides is 1. The standard InChI is InChI=1S/C25H25F2N9O2/c1-29-24-21(15-6-30-7-17-20(15)31-11-35(17)2)33-22(23(28)37)25(34-24)32-16-4-3-12(18(26)19(16)27)8-36-9-14-5-13(36)10-38-14/h3-4,6-7,11,13-14H,5,8-10H2,1-2H3,(H2,28,37)(H2,29,32,34)/t13-,14-/m1/s1. The number of halogens is 2. The fourth-order valence-corrected chi connectivity index (χ4v) is 5.10. The Kier molecular flexibility index (Phi) is 5.88. The molecule has 0 saturated carbocycles. The molecule has 2 bridgehead atoms. The van der Waals surface area contributed by atoms with Gasteiger partial charge in [-0.15, -0.1) is 0 Å². The van der Waals surface area contributed by atoms with Crippen LogP contribution in [0.25, 0.3) is 22.3 Å². The van der Waals surface area contributed by atoms with Crippen molar-refractivity contribution in [2.24, 2.45) is 12.8 Å². The normalized spacial score (nSPS) is 18.8. The molecule has 2 aliphatic rings. The molecule has 11 nitrogen and oxygen atoms in total. The second kappa shape index (κ2) is 9.26. The van der Waals surface area contributed by atoms with Gasteiger partial charge in [0.2, 0.25) is 0 Å². The monoisotopic (exact) mass is 521 g/mol. The van der Waals surface area contributed by atoms with Crippen molar-refractivity contribution in [2.45, 2.75) is 25.1 Å². The number of benzene rings is 1. The first-order valence-corrected chi connectivity index (χ1v) is 12.1. The first kappa shape index (κ1) is 24.1. The van der Waals surface area contributed by atoms with Gasteiger partial charge in [0.05, 0.1) is 42.0 Å². The topological polar surface area (TPSA) is 136 Å². The molecule has 0 aliphatic carbocycles. The number of fused-ring (bicyclic) bond motifs is 3. The molecule has 38 heavy (non-hydrogen) atoms. The van der Waals surface area contributed by atoms with Crippen LogP contribution in [0.1, 0.15) is 22.5 Å². The average molecular weight is 522 g/mol. The molecule has 196 valence electrons. The SMILES string of the molecule is CNc1nc(Nc2ccc(CN3C[C@H]4C[C@@H]3CO4)c(F)c2F)c(C(N)=O)nc1-c1cncc2c1ncn2C. The summed E-state index contributed by atoms with van der Waals surface area (Å²) in [5, 5.41) is 5.64. The van der Waals surface area contributed by atoms with Crippen LogP contribution in [-0.2, 0) is 18.3 Å². The Morgan fingerprint density at radius 2 is 2.05 bits per heavy atom. The van der Waals surface area contributed by atoms with Crippen LogP contribution >= 0.6 is 0 Å². The van der Waals surface area contributed by atoms with Gasteiger partial charge >= 0.3 is 0 Å². The van der Waals surface area contributed by atoms with Crippen LogP contribution in [0.3, 0.4) is 0 Å². The number of likely N-dealkylation sites (tertiary alicyclic amines) is 1. The number of nitrogens with zero attached hydrogens (tertiary/aromatic N) is 6. The summed E-state index contributed by atoms with van der Waals surface area (Å²) in [5.41, 5.74) is 7.58. The average Bonchev–Trinajstić information content (AvgIpc) is 3.64. The number of anilines is 3. The predicted molar refractivity (Wildman–Crippen MR) is 136 cm³/mol. The summed E-state index contributed by atoms with van der Waals surface area (Å²) in [4.78, 5) is 32.0. The van der Waals surface area contributed by atoms with Gasteiger partial charge in [0.15, 0.2) is 29.0 Å². The number of hydrogen-bond acceptors (Lipinski definition) is 9. The maximum atomic E-state index is 15.2. The predicted octanol–water partition coefficient (Wildman–Crippen LogP) is 2.56. The second-order valence-corrected chi connectivity index (χ2v) is 9.44. The van der Waals surface area contributed by atoms with Gasteiger partial charge in [-0.2, -0.15) is 0 Å². The number of pyridine rings is 1. The third kappa shape index (κ3) is 4.00. The Morgan fingerprint density at radius 1 is 1.21 bits per heavy atom. The number of carbonyl (C=O) groups is 1. The number of nitrogens with two attached hydrogens (primary N) is 1. The molecule has 2 atom stereocenters. The first-order valence-electron chi connectivity index (χ1n) is 12.1. The van der Waals surface area contributed by atoms with Crippen LogP contribution < -0.4 is 16.4 Å². The van der Waals surface area contributed by atoms with Crippen molar-refractivity contribution in [1.82, 2.24) is 29.4 Å². The van der Waals surface area contributed by atoms with Crippen molar-refractivity contribution in [2.75, 3.05) is 30.8 Å². The molecule has 5 heterocycles. The van der Waals surface area contributed by atoms with Crippen molar-refractivity contribution in [3.05, 3.63) is 53.7 Å². The summed E-state index contributed by atoms with van der Waals surface area (Å²) in [7, 11) is 3.45. The molecule has 1 aromatic carbocycles. The van der Waals surface area contributed by atoms with E-state index in [0.29, 0.717) is 24.2 Å². The lowest BCUT2D eigenvalue weighted by Crippen LogP contribution is -2.36. The molecule has 2 aliphatic heterocycles. The number of nitrogens with one attached hydrogen (secondary N) is 2. The minimum absolute atomic E-state index is 0.119. The van der Waals surface area contributed by atoms with E-state index in [1.54, 1.807) is 30.3 Å². The van der Waals surface area contributed by atoms with Gasteiger partial charge in [-0.1, -0.05) is 6.07 Å². The summed E-state index contributed by atoms with van der Waals surface area (Å²) in [6.45, 7) is 1.59. The maximum absolute atomic E-state index is 15.2. The van der Waals surface area contributed by atoms with E-state index in [1.165, 1.54) is 12.1 Å². The third-order valence-electron chi connectivity index (χ3n) is 7.06. The summed E-state index contributed by atoms with van der Waals surface area (Å²) < 4.78 is 37.6. The molecule has 0 spiro atoms. The van der Waals surface area contributed by atoms with Crippen molar-refractivity contribution in [3.63, 3.8) is 0 Å². The van der Waals surface area contributed by atoms with Gasteiger partial charge in [0.25, 0.3) is 5.91 Å². The first-order chi connectivity index (χ1) is 18.3. The number of ether oxygens (including phenoxy) is 1. The Morgan fingerprint density at radius 3 is 2.76 bits per heavy atom. The molecule has 0 radical (unpaired) electrons. The quantitative estimate of drug-likeness (QED) is 0.335. The van der Waals surface area contributed by atoms with E-state index in [9.17, 15) is 4.79 Å². The van der Waals surface area contributed by atoms with E-state index >= 15 is 8.78 Å². The highest BCUT2D eigenvalue weighted by Gasteiger charge is 2.39.